The third-order valence-corrected chi connectivity index (χ3v) is 14.8. The minimum Gasteiger partial charge on any atom is -0.413 e. The maximum Gasteiger partial charge on any atom is 0.192 e. The zero-order valence-corrected chi connectivity index (χ0v) is 19.5. The predicted molar refractivity (Wildman–Crippen MR) is 110 cm³/mol. The summed E-state index contributed by atoms with van der Waals surface area (Å²) in [5.74, 6) is 0. The lowest BCUT2D eigenvalue weighted by Crippen LogP contribution is -2.40. The highest BCUT2D eigenvalue weighted by molar-refractivity contribution is 6.74. The fourth-order valence-electron chi connectivity index (χ4n) is 1.69. The van der Waals surface area contributed by atoms with Crippen LogP contribution in [0, 0.1) is 0 Å². The van der Waals surface area contributed by atoms with Crippen molar-refractivity contribution in [2.24, 2.45) is 0 Å². The molecule has 1 rings (SSSR count). The van der Waals surface area contributed by atoms with Gasteiger partial charge >= 0.3 is 0 Å². The lowest BCUT2D eigenvalue weighted by Gasteiger charge is -2.36. The lowest BCUT2D eigenvalue weighted by molar-refractivity contribution is 0.273. The highest BCUT2D eigenvalue weighted by Crippen LogP contribution is 2.38. The molecule has 0 aromatic heterocycles. The Morgan fingerprint density at radius 2 is 0.875 bits per heavy atom. The van der Waals surface area contributed by atoms with E-state index in [-0.39, 0.29) is 10.1 Å². The summed E-state index contributed by atoms with van der Waals surface area (Å²) in [7, 11) is -3.36. The number of hydrogen-bond donors (Lipinski definition) is 0. The van der Waals surface area contributed by atoms with Crippen LogP contribution in [0.5, 0.6) is 0 Å². The van der Waals surface area contributed by atoms with Crippen molar-refractivity contribution in [2.45, 2.75) is 91.0 Å². The summed E-state index contributed by atoms with van der Waals surface area (Å²) in [6, 6.07) is 8.71. The molecule has 0 atom stereocenters. The Balaban J connectivity index is 2.61. The third kappa shape index (κ3) is 5.83. The molecule has 1 aromatic carbocycles. The molecule has 4 heteroatoms. The molecule has 2 nitrogen and oxygen atoms in total. The van der Waals surface area contributed by atoms with Crippen molar-refractivity contribution >= 4 is 16.6 Å². The van der Waals surface area contributed by atoms with Crippen LogP contribution in [0.15, 0.2) is 24.3 Å². The molecular formula is C20H38O2Si2. The maximum atomic E-state index is 6.29. The molecule has 24 heavy (non-hydrogen) atoms. The van der Waals surface area contributed by atoms with Crippen LogP contribution in [-0.4, -0.2) is 16.6 Å². The average molecular weight is 367 g/mol. The summed E-state index contributed by atoms with van der Waals surface area (Å²) in [5, 5.41) is 0.508. The summed E-state index contributed by atoms with van der Waals surface area (Å²) in [4.78, 5) is 0. The van der Waals surface area contributed by atoms with Crippen LogP contribution < -0.4 is 0 Å². The van der Waals surface area contributed by atoms with E-state index in [1.807, 2.05) is 0 Å². The molecular weight excluding hydrogens is 328 g/mol. The molecule has 0 bridgehead atoms. The van der Waals surface area contributed by atoms with Crippen molar-refractivity contribution in [2.75, 3.05) is 0 Å². The highest BCUT2D eigenvalue weighted by Gasteiger charge is 2.37. The van der Waals surface area contributed by atoms with Crippen molar-refractivity contribution in [3.63, 3.8) is 0 Å². The van der Waals surface area contributed by atoms with Gasteiger partial charge in [-0.1, -0.05) is 65.8 Å². The molecule has 0 saturated carbocycles. The summed E-state index contributed by atoms with van der Waals surface area (Å²) >= 11 is 0. The first-order chi connectivity index (χ1) is 10.7. The molecule has 0 N–H and O–H groups in total. The Hall–Kier alpha value is -0.426. The van der Waals surface area contributed by atoms with Crippen LogP contribution >= 0.6 is 0 Å². The van der Waals surface area contributed by atoms with E-state index in [1.165, 1.54) is 11.1 Å². The summed E-state index contributed by atoms with van der Waals surface area (Å²) in [6.45, 7) is 24.3. The van der Waals surface area contributed by atoms with Gasteiger partial charge in [0, 0.05) is 0 Å². The van der Waals surface area contributed by atoms with Gasteiger partial charge < -0.3 is 8.85 Å². The first-order valence-electron chi connectivity index (χ1n) is 9.01. The number of hydrogen-bond acceptors (Lipinski definition) is 2. The topological polar surface area (TPSA) is 18.5 Å². The van der Waals surface area contributed by atoms with Crippen LogP contribution in [0.3, 0.4) is 0 Å². The number of benzene rings is 1. The van der Waals surface area contributed by atoms with Crippen LogP contribution in [0.2, 0.25) is 36.3 Å². The minimum absolute atomic E-state index is 0.254. The van der Waals surface area contributed by atoms with Gasteiger partial charge in [-0.3, -0.25) is 0 Å². The van der Waals surface area contributed by atoms with Crippen molar-refractivity contribution in [1.29, 1.82) is 0 Å². The first kappa shape index (κ1) is 21.6. The first-order valence-corrected chi connectivity index (χ1v) is 14.8. The zero-order chi connectivity index (χ0) is 18.8. The summed E-state index contributed by atoms with van der Waals surface area (Å²) in [5.41, 5.74) is 2.49. The van der Waals surface area contributed by atoms with E-state index in [1.54, 1.807) is 0 Å². The third-order valence-electron chi connectivity index (χ3n) is 5.83. The molecule has 0 radical (unpaired) electrons. The monoisotopic (exact) mass is 366 g/mol. The summed E-state index contributed by atoms with van der Waals surface area (Å²) in [6.07, 6.45) is 0. The van der Waals surface area contributed by atoms with Crippen molar-refractivity contribution in [3.8, 4) is 0 Å². The Bertz CT molecular complexity index is 471. The molecule has 0 heterocycles. The van der Waals surface area contributed by atoms with Crippen LogP contribution in [0.1, 0.15) is 52.7 Å². The molecule has 0 aliphatic carbocycles. The normalized spacial score (nSPS) is 14.1. The largest absolute Gasteiger partial charge is 0.413 e. The van der Waals surface area contributed by atoms with E-state index in [9.17, 15) is 0 Å². The molecule has 0 fully saturated rings. The molecule has 0 unspecified atom stereocenters. The SMILES string of the molecule is CC(C)(C)[Si](C)(C)OCc1ccc(CO[Si](C)(C)C(C)(C)C)cc1. The van der Waals surface area contributed by atoms with E-state index in [0.29, 0.717) is 13.2 Å². The molecule has 0 spiro atoms. The van der Waals surface area contributed by atoms with Crippen LogP contribution in [0.4, 0.5) is 0 Å². The van der Waals surface area contributed by atoms with E-state index >= 15 is 0 Å². The van der Waals surface area contributed by atoms with Crippen molar-refractivity contribution in [1.82, 2.24) is 0 Å². The molecule has 0 aliphatic rings. The van der Waals surface area contributed by atoms with Gasteiger partial charge in [-0.25, -0.2) is 0 Å². The van der Waals surface area contributed by atoms with E-state index < -0.39 is 16.6 Å². The Kier molecular flexibility index (Phi) is 6.70. The van der Waals surface area contributed by atoms with Gasteiger partial charge in [-0.2, -0.15) is 0 Å². The molecule has 138 valence electrons. The van der Waals surface area contributed by atoms with E-state index in [4.69, 9.17) is 8.85 Å². The van der Waals surface area contributed by atoms with Gasteiger partial charge in [-0.05, 0) is 47.4 Å². The van der Waals surface area contributed by atoms with Crippen molar-refractivity contribution in [3.05, 3.63) is 35.4 Å². The van der Waals surface area contributed by atoms with Crippen LogP contribution in [0.25, 0.3) is 0 Å². The van der Waals surface area contributed by atoms with E-state index in [0.717, 1.165) is 0 Å². The smallest absolute Gasteiger partial charge is 0.192 e. The lowest BCUT2D eigenvalue weighted by atomic mass is 10.1. The minimum atomic E-state index is -1.68. The highest BCUT2D eigenvalue weighted by atomic mass is 28.4. The second-order valence-corrected chi connectivity index (χ2v) is 19.5. The molecule has 0 saturated heterocycles. The Labute approximate surface area is 152 Å². The Morgan fingerprint density at radius 3 is 1.08 bits per heavy atom. The van der Waals surface area contributed by atoms with E-state index in [2.05, 4.69) is 92.0 Å². The molecule has 0 aliphatic heterocycles. The predicted octanol–water partition coefficient (Wildman–Crippen LogP) is 6.73. The van der Waals surface area contributed by atoms with Gasteiger partial charge in [0.1, 0.15) is 0 Å². The van der Waals surface area contributed by atoms with Gasteiger partial charge in [-0.15, -0.1) is 0 Å². The average Bonchev–Trinajstić information content (AvgIpc) is 2.41. The Morgan fingerprint density at radius 1 is 0.625 bits per heavy atom. The quantitative estimate of drug-likeness (QED) is 0.520. The zero-order valence-electron chi connectivity index (χ0n) is 17.5. The molecule has 1 aromatic rings. The molecule has 0 amide bonds. The van der Waals surface area contributed by atoms with Gasteiger partial charge in [0.05, 0.1) is 13.2 Å². The summed E-state index contributed by atoms with van der Waals surface area (Å²) < 4.78 is 12.6. The van der Waals surface area contributed by atoms with Crippen molar-refractivity contribution < 1.29 is 8.85 Å². The van der Waals surface area contributed by atoms with Gasteiger partial charge in [0.15, 0.2) is 16.6 Å². The van der Waals surface area contributed by atoms with Crippen LogP contribution in [-0.2, 0) is 22.1 Å². The fraction of sp³-hybridized carbons (Fsp3) is 0.700. The maximum absolute atomic E-state index is 6.29. The van der Waals surface area contributed by atoms with Gasteiger partial charge in [0.25, 0.3) is 0 Å². The number of rotatable bonds is 6. The second-order valence-electron chi connectivity index (χ2n) is 9.91. The second kappa shape index (κ2) is 7.44. The standard InChI is InChI=1S/C20H38O2Si2/c1-19(2,3)23(7,8)21-15-17-11-13-18(14-12-17)16-22-24(9,10)20(4,5)6/h11-14H,15-16H2,1-10H3. The van der Waals surface area contributed by atoms with Gasteiger partial charge in [0.2, 0.25) is 0 Å². The fourth-order valence-corrected chi connectivity index (χ4v) is 3.61.